The summed E-state index contributed by atoms with van der Waals surface area (Å²) in [5.74, 6) is 0.772. The molecule has 96 valence electrons. The Balaban J connectivity index is 2.31. The number of hydrogen-bond donors (Lipinski definition) is 1. The molecule has 0 aromatic carbocycles. The van der Waals surface area contributed by atoms with E-state index in [1.807, 2.05) is 0 Å². The lowest BCUT2D eigenvalue weighted by molar-refractivity contribution is 0.120. The van der Waals surface area contributed by atoms with E-state index in [0.29, 0.717) is 6.04 Å². The van der Waals surface area contributed by atoms with Gasteiger partial charge in [0.25, 0.3) is 0 Å². The Kier molecular flexibility index (Phi) is 6.32. The zero-order valence-electron chi connectivity index (χ0n) is 11.5. The van der Waals surface area contributed by atoms with Gasteiger partial charge in [0.2, 0.25) is 0 Å². The Labute approximate surface area is 101 Å². The van der Waals surface area contributed by atoms with Crippen molar-refractivity contribution >= 4 is 0 Å². The zero-order chi connectivity index (χ0) is 12.0. The molecule has 0 aliphatic carbocycles. The summed E-state index contributed by atoms with van der Waals surface area (Å²) in [4.78, 5) is 5.15. The topological polar surface area (TPSA) is 18.5 Å². The Morgan fingerprint density at radius 1 is 1.06 bits per heavy atom. The summed E-state index contributed by atoms with van der Waals surface area (Å²) in [6.45, 7) is 14.3. The molecule has 1 saturated heterocycles. The van der Waals surface area contributed by atoms with Gasteiger partial charge in [0.15, 0.2) is 0 Å². The first-order valence-corrected chi connectivity index (χ1v) is 6.83. The summed E-state index contributed by atoms with van der Waals surface area (Å²) in [6, 6.07) is 0.651. The summed E-state index contributed by atoms with van der Waals surface area (Å²) in [7, 11) is 2.10. The monoisotopic (exact) mass is 227 g/mol. The van der Waals surface area contributed by atoms with E-state index < -0.39 is 0 Å². The molecule has 16 heavy (non-hydrogen) atoms. The molecule has 0 bridgehead atoms. The molecule has 1 fully saturated rings. The fourth-order valence-electron chi connectivity index (χ4n) is 2.41. The highest BCUT2D eigenvalue weighted by Gasteiger charge is 2.20. The van der Waals surface area contributed by atoms with Gasteiger partial charge in [-0.05, 0) is 19.5 Å². The largest absolute Gasteiger partial charge is 0.315 e. The van der Waals surface area contributed by atoms with Gasteiger partial charge in [-0.1, -0.05) is 27.2 Å². The number of hydrogen-bond acceptors (Lipinski definition) is 3. The molecular formula is C13H29N3. The number of nitrogens with one attached hydrogen (secondary N) is 1. The van der Waals surface area contributed by atoms with E-state index in [4.69, 9.17) is 0 Å². The van der Waals surface area contributed by atoms with Crippen LogP contribution in [0.2, 0.25) is 0 Å². The molecule has 1 heterocycles. The molecule has 0 aromatic heterocycles. The molecule has 0 amide bonds. The van der Waals surface area contributed by atoms with Crippen LogP contribution in [0.15, 0.2) is 0 Å². The van der Waals surface area contributed by atoms with Crippen LogP contribution in [0, 0.1) is 5.92 Å². The summed E-state index contributed by atoms with van der Waals surface area (Å²) < 4.78 is 0. The van der Waals surface area contributed by atoms with Gasteiger partial charge in [-0.3, -0.25) is 4.90 Å². The lowest BCUT2D eigenvalue weighted by Gasteiger charge is -2.37. The van der Waals surface area contributed by atoms with Crippen LogP contribution in [-0.2, 0) is 0 Å². The average molecular weight is 227 g/mol. The van der Waals surface area contributed by atoms with Crippen molar-refractivity contribution in [1.82, 2.24) is 15.1 Å². The Hall–Kier alpha value is -0.120. The Morgan fingerprint density at radius 3 is 2.06 bits per heavy atom. The zero-order valence-corrected chi connectivity index (χ0v) is 11.5. The number of nitrogens with zero attached hydrogens (tertiary/aromatic N) is 2. The maximum atomic E-state index is 3.47. The van der Waals surface area contributed by atoms with E-state index in [1.165, 1.54) is 45.7 Å². The van der Waals surface area contributed by atoms with Crippen molar-refractivity contribution in [3.8, 4) is 0 Å². The molecule has 0 radical (unpaired) electrons. The molecule has 1 N–H and O–H groups in total. The predicted molar refractivity (Wildman–Crippen MR) is 70.9 cm³/mol. The van der Waals surface area contributed by atoms with Crippen molar-refractivity contribution in [2.75, 3.05) is 46.3 Å². The van der Waals surface area contributed by atoms with Crippen molar-refractivity contribution < 1.29 is 0 Å². The standard InChI is InChI=1S/C13H29N3/c1-5-12(3)13(14-4)11-16-9-7-15(6-2)8-10-16/h12-14H,5-11H2,1-4H3. The molecule has 1 rings (SSSR count). The van der Waals surface area contributed by atoms with Gasteiger partial charge in [-0.15, -0.1) is 0 Å². The molecule has 3 nitrogen and oxygen atoms in total. The lowest BCUT2D eigenvalue weighted by atomic mass is 9.98. The third kappa shape index (κ3) is 4.04. The Morgan fingerprint density at radius 2 is 1.62 bits per heavy atom. The highest BCUT2D eigenvalue weighted by atomic mass is 15.3. The predicted octanol–water partition coefficient (Wildman–Crippen LogP) is 1.26. The second-order valence-electron chi connectivity index (χ2n) is 5.02. The first kappa shape index (κ1) is 13.9. The van der Waals surface area contributed by atoms with Crippen molar-refractivity contribution in [2.45, 2.75) is 33.2 Å². The molecular weight excluding hydrogens is 198 g/mol. The summed E-state index contributed by atoms with van der Waals surface area (Å²) >= 11 is 0. The van der Waals surface area contributed by atoms with Crippen LogP contribution in [-0.4, -0.2) is 62.2 Å². The molecule has 0 spiro atoms. The van der Waals surface area contributed by atoms with Gasteiger partial charge < -0.3 is 10.2 Å². The molecule has 3 heteroatoms. The van der Waals surface area contributed by atoms with Crippen molar-refractivity contribution in [3.63, 3.8) is 0 Å². The molecule has 2 atom stereocenters. The normalized spacial score (nSPS) is 23.2. The van der Waals surface area contributed by atoms with E-state index in [0.717, 1.165) is 5.92 Å². The van der Waals surface area contributed by atoms with E-state index in [2.05, 4.69) is 42.9 Å². The van der Waals surface area contributed by atoms with Crippen LogP contribution in [0.1, 0.15) is 27.2 Å². The summed E-state index contributed by atoms with van der Waals surface area (Å²) in [6.07, 6.45) is 1.26. The van der Waals surface area contributed by atoms with Crippen LogP contribution >= 0.6 is 0 Å². The SMILES string of the molecule is CCC(C)C(CN1CCN(CC)CC1)NC. The molecule has 1 aliphatic rings. The smallest absolute Gasteiger partial charge is 0.0217 e. The maximum absolute atomic E-state index is 3.47. The van der Waals surface area contributed by atoms with Crippen LogP contribution in [0.4, 0.5) is 0 Å². The van der Waals surface area contributed by atoms with Gasteiger partial charge in [0.05, 0.1) is 0 Å². The number of likely N-dealkylation sites (N-methyl/N-ethyl adjacent to an activating group) is 2. The Bertz CT molecular complexity index is 176. The second kappa shape index (κ2) is 7.25. The van der Waals surface area contributed by atoms with E-state index in [-0.39, 0.29) is 0 Å². The quantitative estimate of drug-likeness (QED) is 0.737. The summed E-state index contributed by atoms with van der Waals surface area (Å²) in [5, 5.41) is 3.47. The minimum Gasteiger partial charge on any atom is -0.315 e. The van der Waals surface area contributed by atoms with E-state index in [9.17, 15) is 0 Å². The van der Waals surface area contributed by atoms with Gasteiger partial charge in [-0.25, -0.2) is 0 Å². The van der Waals surface area contributed by atoms with Crippen molar-refractivity contribution in [1.29, 1.82) is 0 Å². The maximum Gasteiger partial charge on any atom is 0.0217 e. The van der Waals surface area contributed by atoms with Crippen LogP contribution in [0.25, 0.3) is 0 Å². The van der Waals surface area contributed by atoms with Gasteiger partial charge in [0.1, 0.15) is 0 Å². The van der Waals surface area contributed by atoms with Gasteiger partial charge in [-0.2, -0.15) is 0 Å². The number of rotatable bonds is 6. The first-order chi connectivity index (χ1) is 7.71. The fourth-order valence-corrected chi connectivity index (χ4v) is 2.41. The third-order valence-corrected chi connectivity index (χ3v) is 4.07. The molecule has 1 aliphatic heterocycles. The fraction of sp³-hybridized carbons (Fsp3) is 1.00. The van der Waals surface area contributed by atoms with Crippen molar-refractivity contribution in [2.24, 2.45) is 5.92 Å². The van der Waals surface area contributed by atoms with Crippen LogP contribution < -0.4 is 5.32 Å². The molecule has 2 unspecified atom stereocenters. The van der Waals surface area contributed by atoms with Gasteiger partial charge in [0, 0.05) is 38.8 Å². The second-order valence-corrected chi connectivity index (χ2v) is 5.02. The van der Waals surface area contributed by atoms with Crippen LogP contribution in [0.3, 0.4) is 0 Å². The minimum absolute atomic E-state index is 0.651. The van der Waals surface area contributed by atoms with Crippen molar-refractivity contribution in [3.05, 3.63) is 0 Å². The van der Waals surface area contributed by atoms with E-state index >= 15 is 0 Å². The van der Waals surface area contributed by atoms with Crippen LogP contribution in [0.5, 0.6) is 0 Å². The third-order valence-electron chi connectivity index (χ3n) is 4.07. The first-order valence-electron chi connectivity index (χ1n) is 6.83. The van der Waals surface area contributed by atoms with E-state index in [1.54, 1.807) is 0 Å². The lowest BCUT2D eigenvalue weighted by Crippen LogP contribution is -2.51. The minimum atomic E-state index is 0.651. The van der Waals surface area contributed by atoms with Gasteiger partial charge >= 0.3 is 0 Å². The highest BCUT2D eigenvalue weighted by molar-refractivity contribution is 4.79. The summed E-state index contributed by atoms with van der Waals surface area (Å²) in [5.41, 5.74) is 0. The number of piperazine rings is 1. The average Bonchev–Trinajstić information content (AvgIpc) is 2.35. The highest BCUT2D eigenvalue weighted by Crippen LogP contribution is 2.10. The molecule has 0 aromatic rings. The molecule has 0 saturated carbocycles.